The van der Waals surface area contributed by atoms with Gasteiger partial charge in [0.05, 0.1) is 5.75 Å². The predicted octanol–water partition coefficient (Wildman–Crippen LogP) is 3.09. The summed E-state index contributed by atoms with van der Waals surface area (Å²) in [7, 11) is -3.64. The Morgan fingerprint density at radius 3 is 2.19 bits per heavy atom. The van der Waals surface area contributed by atoms with Crippen molar-refractivity contribution in [1.29, 1.82) is 0 Å². The molecule has 32 heavy (non-hydrogen) atoms. The molecule has 0 aliphatic rings. The number of carbonyl (C=O) groups excluding carboxylic acids is 2. The van der Waals surface area contributed by atoms with Crippen LogP contribution in [0.3, 0.4) is 0 Å². The lowest BCUT2D eigenvalue weighted by Gasteiger charge is -2.17. The van der Waals surface area contributed by atoms with E-state index in [1.807, 2.05) is 6.07 Å². The molecular weight excluding hydrogens is 426 g/mol. The number of para-hydroxylation sites is 1. The second-order valence-electron chi connectivity index (χ2n) is 7.63. The standard InChI is InChI=1S/C24H33N3O4S/c1-3-27(4-2)17-9-8-16-25-24(29)21-14-12-20(13-15-21)18-32(30,31)19-23(28)26-22-10-6-5-7-11-22/h5-7,10-15H,3-4,8-9,16-19H2,1-2H3,(H,25,29)(H,26,28). The molecule has 0 saturated carbocycles. The Morgan fingerprint density at radius 1 is 0.906 bits per heavy atom. The van der Waals surface area contributed by atoms with E-state index in [4.69, 9.17) is 0 Å². The molecule has 174 valence electrons. The van der Waals surface area contributed by atoms with Crippen LogP contribution in [0.5, 0.6) is 0 Å². The van der Waals surface area contributed by atoms with Gasteiger partial charge < -0.3 is 15.5 Å². The van der Waals surface area contributed by atoms with E-state index >= 15 is 0 Å². The number of nitrogens with one attached hydrogen (secondary N) is 2. The van der Waals surface area contributed by atoms with Crippen molar-refractivity contribution in [1.82, 2.24) is 10.2 Å². The number of unbranched alkanes of at least 4 members (excludes halogenated alkanes) is 1. The fourth-order valence-corrected chi connectivity index (χ4v) is 4.55. The van der Waals surface area contributed by atoms with Gasteiger partial charge in [-0.3, -0.25) is 9.59 Å². The number of nitrogens with zero attached hydrogens (tertiary/aromatic N) is 1. The van der Waals surface area contributed by atoms with Gasteiger partial charge in [-0.2, -0.15) is 0 Å². The van der Waals surface area contributed by atoms with Crippen LogP contribution < -0.4 is 10.6 Å². The van der Waals surface area contributed by atoms with Crippen LogP contribution in [-0.2, 0) is 20.4 Å². The van der Waals surface area contributed by atoms with Gasteiger partial charge in [0.1, 0.15) is 5.75 Å². The van der Waals surface area contributed by atoms with Crippen molar-refractivity contribution in [3.05, 3.63) is 65.7 Å². The summed E-state index contributed by atoms with van der Waals surface area (Å²) in [6, 6.07) is 15.2. The Bertz CT molecular complexity index is 956. The van der Waals surface area contributed by atoms with Gasteiger partial charge in [-0.1, -0.05) is 44.2 Å². The SMILES string of the molecule is CCN(CC)CCCCNC(=O)c1ccc(CS(=O)(=O)CC(=O)Nc2ccccc2)cc1. The summed E-state index contributed by atoms with van der Waals surface area (Å²) >= 11 is 0. The first kappa shape index (κ1) is 25.5. The van der Waals surface area contributed by atoms with E-state index in [2.05, 4.69) is 29.4 Å². The quantitative estimate of drug-likeness (QED) is 0.449. The zero-order valence-corrected chi connectivity index (χ0v) is 19.7. The molecule has 2 rings (SSSR count). The van der Waals surface area contributed by atoms with Crippen LogP contribution >= 0.6 is 0 Å². The van der Waals surface area contributed by atoms with Crippen LogP contribution in [0.25, 0.3) is 0 Å². The first-order valence-corrected chi connectivity index (χ1v) is 12.8. The maximum absolute atomic E-state index is 12.4. The molecule has 0 bridgehead atoms. The third-order valence-corrected chi connectivity index (χ3v) is 6.57. The van der Waals surface area contributed by atoms with Crippen molar-refractivity contribution in [3.63, 3.8) is 0 Å². The fraction of sp³-hybridized carbons (Fsp3) is 0.417. The van der Waals surface area contributed by atoms with E-state index < -0.39 is 21.5 Å². The highest BCUT2D eigenvalue weighted by Crippen LogP contribution is 2.11. The van der Waals surface area contributed by atoms with Crippen LogP contribution in [0, 0.1) is 0 Å². The maximum atomic E-state index is 12.4. The molecule has 0 saturated heterocycles. The molecule has 2 aromatic rings. The summed E-state index contributed by atoms with van der Waals surface area (Å²) in [4.78, 5) is 26.7. The molecule has 0 heterocycles. The summed E-state index contributed by atoms with van der Waals surface area (Å²) in [5.41, 5.74) is 1.57. The second-order valence-corrected chi connectivity index (χ2v) is 9.70. The van der Waals surface area contributed by atoms with E-state index in [1.54, 1.807) is 48.5 Å². The molecule has 0 aliphatic heterocycles. The summed E-state index contributed by atoms with van der Waals surface area (Å²) in [5, 5.41) is 5.47. The highest BCUT2D eigenvalue weighted by Gasteiger charge is 2.18. The molecule has 0 spiro atoms. The van der Waals surface area contributed by atoms with Gasteiger partial charge in [-0.05, 0) is 62.3 Å². The fourth-order valence-electron chi connectivity index (χ4n) is 3.28. The molecule has 2 amide bonds. The van der Waals surface area contributed by atoms with Crippen LogP contribution in [0.1, 0.15) is 42.6 Å². The van der Waals surface area contributed by atoms with Crippen LogP contribution in [0.4, 0.5) is 5.69 Å². The third-order valence-electron chi connectivity index (χ3n) is 5.09. The second kappa shape index (κ2) is 13.0. The van der Waals surface area contributed by atoms with Crippen LogP contribution in [-0.4, -0.2) is 57.1 Å². The third kappa shape index (κ3) is 9.20. The molecule has 2 aromatic carbocycles. The highest BCUT2D eigenvalue weighted by molar-refractivity contribution is 7.91. The average molecular weight is 460 g/mol. The monoisotopic (exact) mass is 459 g/mol. The number of amides is 2. The summed E-state index contributed by atoms with van der Waals surface area (Å²) in [5.74, 6) is -1.61. The van der Waals surface area contributed by atoms with Gasteiger partial charge in [0, 0.05) is 17.8 Å². The Hall–Kier alpha value is -2.71. The maximum Gasteiger partial charge on any atom is 0.251 e. The van der Waals surface area contributed by atoms with Crippen molar-refractivity contribution < 1.29 is 18.0 Å². The van der Waals surface area contributed by atoms with Crippen molar-refractivity contribution in [2.24, 2.45) is 0 Å². The number of carbonyl (C=O) groups is 2. The Labute approximate surface area is 191 Å². The van der Waals surface area contributed by atoms with Crippen molar-refractivity contribution in [2.45, 2.75) is 32.4 Å². The van der Waals surface area contributed by atoms with E-state index in [0.717, 1.165) is 32.5 Å². The lowest BCUT2D eigenvalue weighted by molar-refractivity contribution is -0.113. The lowest BCUT2D eigenvalue weighted by Crippen LogP contribution is -2.27. The average Bonchev–Trinajstić information content (AvgIpc) is 2.76. The Balaban J connectivity index is 1.78. The van der Waals surface area contributed by atoms with Gasteiger partial charge >= 0.3 is 0 Å². The van der Waals surface area contributed by atoms with Crippen molar-refractivity contribution >= 4 is 27.3 Å². The lowest BCUT2D eigenvalue weighted by atomic mass is 10.1. The summed E-state index contributed by atoms with van der Waals surface area (Å²) in [6.45, 7) is 7.97. The molecule has 7 nitrogen and oxygen atoms in total. The zero-order valence-electron chi connectivity index (χ0n) is 18.8. The topological polar surface area (TPSA) is 95.6 Å². The van der Waals surface area contributed by atoms with E-state index in [9.17, 15) is 18.0 Å². The predicted molar refractivity (Wildman–Crippen MR) is 128 cm³/mol. The Kier molecular flexibility index (Phi) is 10.4. The van der Waals surface area contributed by atoms with E-state index in [-0.39, 0.29) is 11.7 Å². The van der Waals surface area contributed by atoms with Gasteiger partial charge in [-0.25, -0.2) is 8.42 Å². The number of benzene rings is 2. The van der Waals surface area contributed by atoms with Gasteiger partial charge in [0.2, 0.25) is 5.91 Å². The minimum absolute atomic E-state index is 0.176. The minimum atomic E-state index is -3.64. The first-order valence-electron chi connectivity index (χ1n) is 11.0. The first-order chi connectivity index (χ1) is 15.3. The Morgan fingerprint density at radius 2 is 1.56 bits per heavy atom. The number of sulfone groups is 1. The normalized spacial score (nSPS) is 11.3. The van der Waals surface area contributed by atoms with Crippen LogP contribution in [0.15, 0.2) is 54.6 Å². The van der Waals surface area contributed by atoms with Crippen LogP contribution in [0.2, 0.25) is 0 Å². The molecule has 0 unspecified atom stereocenters. The van der Waals surface area contributed by atoms with E-state index in [0.29, 0.717) is 23.4 Å². The van der Waals surface area contributed by atoms with Crippen molar-refractivity contribution in [2.75, 3.05) is 37.2 Å². The molecule has 0 atom stereocenters. The largest absolute Gasteiger partial charge is 0.352 e. The molecule has 8 heteroatoms. The molecule has 0 aromatic heterocycles. The summed E-state index contributed by atoms with van der Waals surface area (Å²) in [6.07, 6.45) is 1.93. The van der Waals surface area contributed by atoms with Gasteiger partial charge in [0.25, 0.3) is 5.91 Å². The number of rotatable bonds is 13. The zero-order chi connectivity index (χ0) is 23.4. The molecule has 0 aliphatic carbocycles. The van der Waals surface area contributed by atoms with E-state index in [1.165, 1.54) is 0 Å². The number of hydrogen-bond donors (Lipinski definition) is 2. The smallest absolute Gasteiger partial charge is 0.251 e. The van der Waals surface area contributed by atoms with Gasteiger partial charge in [-0.15, -0.1) is 0 Å². The van der Waals surface area contributed by atoms with Gasteiger partial charge in [0.15, 0.2) is 9.84 Å². The summed E-state index contributed by atoms with van der Waals surface area (Å²) < 4.78 is 24.7. The molecule has 0 fully saturated rings. The molecule has 0 radical (unpaired) electrons. The highest BCUT2D eigenvalue weighted by atomic mass is 32.2. The number of hydrogen-bond acceptors (Lipinski definition) is 5. The molecule has 2 N–H and O–H groups in total. The molecular formula is C24H33N3O4S. The number of anilines is 1. The minimum Gasteiger partial charge on any atom is -0.352 e. The van der Waals surface area contributed by atoms with Crippen molar-refractivity contribution in [3.8, 4) is 0 Å².